The summed E-state index contributed by atoms with van der Waals surface area (Å²) in [5.41, 5.74) is 0.510. The molecule has 2 unspecified atom stereocenters. The Kier molecular flexibility index (Phi) is 5.23. The summed E-state index contributed by atoms with van der Waals surface area (Å²) >= 11 is 0. The lowest BCUT2D eigenvalue weighted by Crippen LogP contribution is -2.48. The van der Waals surface area contributed by atoms with E-state index in [1.54, 1.807) is 0 Å². The van der Waals surface area contributed by atoms with Gasteiger partial charge >= 0.3 is 0 Å². The normalized spacial score (nSPS) is 33.3. The molecule has 1 aliphatic heterocycles. The molecule has 3 nitrogen and oxygen atoms in total. The van der Waals surface area contributed by atoms with Gasteiger partial charge in [0.2, 0.25) is 0 Å². The van der Waals surface area contributed by atoms with Crippen LogP contribution in [-0.4, -0.2) is 49.8 Å². The van der Waals surface area contributed by atoms with Crippen LogP contribution in [0, 0.1) is 5.41 Å². The molecule has 0 spiro atoms. The first-order valence-corrected chi connectivity index (χ1v) is 9.24. The van der Waals surface area contributed by atoms with Gasteiger partial charge in [-0.1, -0.05) is 25.7 Å². The summed E-state index contributed by atoms with van der Waals surface area (Å²) in [4.78, 5) is 2.62. The zero-order chi connectivity index (χ0) is 14.7. The van der Waals surface area contributed by atoms with Gasteiger partial charge in [-0.05, 0) is 51.5 Å². The fourth-order valence-corrected chi connectivity index (χ4v) is 4.46. The van der Waals surface area contributed by atoms with Crippen LogP contribution in [0.1, 0.15) is 64.7 Å². The van der Waals surface area contributed by atoms with E-state index in [9.17, 15) is 0 Å². The molecule has 3 aliphatic rings. The van der Waals surface area contributed by atoms with E-state index in [1.807, 2.05) is 0 Å². The van der Waals surface area contributed by atoms with Crippen molar-refractivity contribution in [2.24, 2.45) is 5.41 Å². The molecule has 2 atom stereocenters. The van der Waals surface area contributed by atoms with Crippen molar-refractivity contribution < 1.29 is 4.74 Å². The van der Waals surface area contributed by atoms with Gasteiger partial charge in [0.15, 0.2) is 0 Å². The Morgan fingerprint density at radius 2 is 1.81 bits per heavy atom. The molecule has 122 valence electrons. The Labute approximate surface area is 130 Å². The second-order valence-corrected chi connectivity index (χ2v) is 7.92. The largest absolute Gasteiger partial charge is 0.377 e. The van der Waals surface area contributed by atoms with Gasteiger partial charge in [0.1, 0.15) is 0 Å². The Morgan fingerprint density at radius 1 is 1.10 bits per heavy atom. The van der Waals surface area contributed by atoms with Crippen molar-refractivity contribution in [1.29, 1.82) is 0 Å². The van der Waals surface area contributed by atoms with Crippen LogP contribution in [0.25, 0.3) is 0 Å². The highest BCUT2D eigenvalue weighted by Crippen LogP contribution is 2.37. The topological polar surface area (TPSA) is 24.5 Å². The van der Waals surface area contributed by atoms with E-state index < -0.39 is 0 Å². The van der Waals surface area contributed by atoms with Crippen molar-refractivity contribution in [3.05, 3.63) is 0 Å². The average Bonchev–Trinajstić information content (AvgIpc) is 3.23. The molecule has 3 rings (SSSR count). The van der Waals surface area contributed by atoms with Crippen LogP contribution in [0.2, 0.25) is 0 Å². The highest BCUT2D eigenvalue weighted by Gasteiger charge is 2.37. The van der Waals surface area contributed by atoms with Gasteiger partial charge in [0.25, 0.3) is 0 Å². The van der Waals surface area contributed by atoms with E-state index in [1.165, 1.54) is 70.9 Å². The summed E-state index contributed by atoms with van der Waals surface area (Å²) in [5.74, 6) is 0. The molecule has 0 radical (unpaired) electrons. The van der Waals surface area contributed by atoms with E-state index in [4.69, 9.17) is 4.74 Å². The molecule has 1 heterocycles. The van der Waals surface area contributed by atoms with Gasteiger partial charge in [-0.2, -0.15) is 0 Å². The minimum atomic E-state index is 0.411. The molecule has 3 heteroatoms. The number of likely N-dealkylation sites (N-methyl/N-ethyl adjacent to an activating group) is 1. The van der Waals surface area contributed by atoms with Crippen LogP contribution in [0.15, 0.2) is 0 Å². The summed E-state index contributed by atoms with van der Waals surface area (Å²) in [6.45, 7) is 5.69. The van der Waals surface area contributed by atoms with Gasteiger partial charge in [0.05, 0.1) is 6.10 Å². The van der Waals surface area contributed by atoms with Gasteiger partial charge in [-0.25, -0.2) is 0 Å². The van der Waals surface area contributed by atoms with Crippen LogP contribution in [0.3, 0.4) is 0 Å². The lowest BCUT2D eigenvalue weighted by atomic mass is 9.79. The number of nitrogens with one attached hydrogen (secondary N) is 1. The van der Waals surface area contributed by atoms with E-state index in [0.29, 0.717) is 17.6 Å². The van der Waals surface area contributed by atoms with E-state index in [0.717, 1.165) is 12.6 Å². The molecule has 0 aromatic carbocycles. The average molecular weight is 294 g/mol. The number of hydrogen-bond donors (Lipinski definition) is 1. The highest BCUT2D eigenvalue weighted by molar-refractivity contribution is 4.92. The van der Waals surface area contributed by atoms with Crippen molar-refractivity contribution in [2.75, 3.05) is 26.7 Å². The van der Waals surface area contributed by atoms with Crippen LogP contribution in [-0.2, 0) is 4.74 Å². The lowest BCUT2D eigenvalue weighted by Gasteiger charge is -2.40. The van der Waals surface area contributed by atoms with E-state index in [-0.39, 0.29) is 0 Å². The number of nitrogens with zero attached hydrogens (tertiary/aromatic N) is 1. The Hall–Kier alpha value is -0.120. The maximum absolute atomic E-state index is 5.78. The van der Waals surface area contributed by atoms with Crippen LogP contribution in [0.5, 0.6) is 0 Å². The molecule has 1 N–H and O–H groups in total. The maximum atomic E-state index is 5.78. The quantitative estimate of drug-likeness (QED) is 0.762. The van der Waals surface area contributed by atoms with Crippen molar-refractivity contribution in [1.82, 2.24) is 10.2 Å². The summed E-state index contributed by atoms with van der Waals surface area (Å²) < 4.78 is 5.78. The molecule has 1 saturated heterocycles. The first kappa shape index (κ1) is 15.8. The smallest absolute Gasteiger partial charge is 0.0702 e. The molecule has 2 aliphatic carbocycles. The van der Waals surface area contributed by atoms with Crippen molar-refractivity contribution in [3.63, 3.8) is 0 Å². The van der Waals surface area contributed by atoms with Crippen molar-refractivity contribution >= 4 is 0 Å². The highest BCUT2D eigenvalue weighted by atomic mass is 16.5. The van der Waals surface area contributed by atoms with Gasteiger partial charge in [-0.15, -0.1) is 0 Å². The molecule has 3 fully saturated rings. The Morgan fingerprint density at radius 3 is 2.38 bits per heavy atom. The summed E-state index contributed by atoms with van der Waals surface area (Å²) in [7, 11) is 2.33. The van der Waals surface area contributed by atoms with E-state index >= 15 is 0 Å². The predicted octanol–water partition coefficient (Wildman–Crippen LogP) is 3.19. The summed E-state index contributed by atoms with van der Waals surface area (Å²) in [6, 6.07) is 1.47. The summed E-state index contributed by atoms with van der Waals surface area (Å²) in [6.07, 6.45) is 13.0. The third-order valence-corrected chi connectivity index (χ3v) is 5.99. The van der Waals surface area contributed by atoms with Crippen molar-refractivity contribution in [2.45, 2.75) is 82.9 Å². The third kappa shape index (κ3) is 4.20. The molecule has 0 aromatic rings. The zero-order valence-corrected chi connectivity index (χ0v) is 14.1. The van der Waals surface area contributed by atoms with Gasteiger partial charge in [-0.3, -0.25) is 0 Å². The number of hydrogen-bond acceptors (Lipinski definition) is 3. The third-order valence-electron chi connectivity index (χ3n) is 5.99. The second-order valence-electron chi connectivity index (χ2n) is 7.92. The zero-order valence-electron chi connectivity index (χ0n) is 14.1. The molecular formula is C18H34N2O. The number of rotatable bonds is 6. The molecular weight excluding hydrogens is 260 g/mol. The maximum Gasteiger partial charge on any atom is 0.0702 e. The van der Waals surface area contributed by atoms with E-state index in [2.05, 4.69) is 24.2 Å². The molecule has 0 aromatic heterocycles. The van der Waals surface area contributed by atoms with Gasteiger partial charge in [0, 0.05) is 31.8 Å². The van der Waals surface area contributed by atoms with Crippen LogP contribution < -0.4 is 5.32 Å². The molecule has 2 saturated carbocycles. The lowest BCUT2D eigenvalue weighted by molar-refractivity contribution is 0.0578. The predicted molar refractivity (Wildman–Crippen MR) is 87.6 cm³/mol. The standard InChI is InChI=1S/C18H34N2O/c1-15-17(9-12-21-15)20(2)14-18(13-19-16-7-8-16)10-5-3-4-6-11-18/h15-17,19H,3-14H2,1-2H3. The van der Waals surface area contributed by atoms with Crippen molar-refractivity contribution in [3.8, 4) is 0 Å². The minimum absolute atomic E-state index is 0.411. The summed E-state index contributed by atoms with van der Waals surface area (Å²) in [5, 5.41) is 3.84. The molecule has 21 heavy (non-hydrogen) atoms. The SMILES string of the molecule is CC1OCCC1N(C)CC1(CNC2CC2)CCCCCC1. The fraction of sp³-hybridized carbons (Fsp3) is 1.00. The number of ether oxygens (including phenoxy) is 1. The Bertz CT molecular complexity index is 321. The monoisotopic (exact) mass is 294 g/mol. The van der Waals surface area contributed by atoms with Crippen LogP contribution in [0.4, 0.5) is 0 Å². The molecule has 0 bridgehead atoms. The Balaban J connectivity index is 1.61. The van der Waals surface area contributed by atoms with Gasteiger partial charge < -0.3 is 15.0 Å². The minimum Gasteiger partial charge on any atom is -0.377 e. The fourth-order valence-electron chi connectivity index (χ4n) is 4.46. The second kappa shape index (κ2) is 6.97. The first-order valence-electron chi connectivity index (χ1n) is 9.24. The van der Waals surface area contributed by atoms with Crippen LogP contribution >= 0.6 is 0 Å². The first-order chi connectivity index (χ1) is 10.2. The molecule has 0 amide bonds.